The Kier molecular flexibility index (Phi) is 5.60. The molecule has 4 nitrogen and oxygen atoms in total. The predicted octanol–water partition coefficient (Wildman–Crippen LogP) is 4.08. The van der Waals surface area contributed by atoms with E-state index in [0.29, 0.717) is 5.02 Å². The lowest BCUT2D eigenvalue weighted by atomic mass is 10.0. The van der Waals surface area contributed by atoms with Crippen molar-refractivity contribution in [2.75, 3.05) is 6.54 Å². The van der Waals surface area contributed by atoms with Crippen molar-refractivity contribution in [3.05, 3.63) is 43.6 Å². The number of nitrogens with zero attached hydrogens (tertiary/aromatic N) is 3. The fraction of sp³-hybridized carbons (Fsp3) is 0.385. The van der Waals surface area contributed by atoms with Gasteiger partial charge in [-0.2, -0.15) is 0 Å². The molecule has 1 aromatic carbocycles. The van der Waals surface area contributed by atoms with Crippen LogP contribution in [0, 0.1) is 0 Å². The highest BCUT2D eigenvalue weighted by atomic mass is 79.9. The van der Waals surface area contributed by atoms with Crippen LogP contribution in [0.5, 0.6) is 0 Å². The molecule has 2 aromatic rings. The molecule has 1 N–H and O–H groups in total. The van der Waals surface area contributed by atoms with Gasteiger partial charge in [-0.1, -0.05) is 45.7 Å². The molecule has 2 rings (SSSR count). The molecule has 0 aliphatic carbocycles. The molecule has 0 aliphatic heterocycles. The van der Waals surface area contributed by atoms with Gasteiger partial charge in [0.2, 0.25) is 0 Å². The standard InChI is InChI=1S/C13H15Br2ClN4/c1-3-6-17-11(12-13(15)18-19-20(12)2)9-5-4-8(14)7-10(9)16/h4-5,7,11,17H,3,6H2,1-2H3. The summed E-state index contributed by atoms with van der Waals surface area (Å²) in [5, 5.41) is 12.3. The van der Waals surface area contributed by atoms with Gasteiger partial charge in [-0.05, 0) is 46.6 Å². The zero-order valence-corrected chi connectivity index (χ0v) is 15.1. The van der Waals surface area contributed by atoms with Gasteiger partial charge in [-0.25, -0.2) is 4.68 Å². The molecule has 0 spiro atoms. The minimum absolute atomic E-state index is 0.0510. The van der Waals surface area contributed by atoms with Gasteiger partial charge in [-0.3, -0.25) is 0 Å². The minimum Gasteiger partial charge on any atom is -0.305 e. The third-order valence-corrected chi connectivity index (χ3v) is 4.36. The van der Waals surface area contributed by atoms with Crippen LogP contribution in [0.3, 0.4) is 0 Å². The average molecular weight is 423 g/mol. The van der Waals surface area contributed by atoms with Crippen molar-refractivity contribution in [1.29, 1.82) is 0 Å². The van der Waals surface area contributed by atoms with Crippen LogP contribution in [0.15, 0.2) is 27.3 Å². The third kappa shape index (κ3) is 3.42. The molecule has 108 valence electrons. The van der Waals surface area contributed by atoms with E-state index >= 15 is 0 Å². The summed E-state index contributed by atoms with van der Waals surface area (Å²) in [6, 6.07) is 5.85. The van der Waals surface area contributed by atoms with E-state index in [1.54, 1.807) is 4.68 Å². The van der Waals surface area contributed by atoms with Crippen LogP contribution in [0.4, 0.5) is 0 Å². The number of halogens is 3. The van der Waals surface area contributed by atoms with E-state index in [-0.39, 0.29) is 6.04 Å². The molecule has 7 heteroatoms. The molecule has 20 heavy (non-hydrogen) atoms. The monoisotopic (exact) mass is 420 g/mol. The van der Waals surface area contributed by atoms with Crippen LogP contribution in [-0.2, 0) is 7.05 Å². The number of aromatic nitrogens is 3. The van der Waals surface area contributed by atoms with Crippen LogP contribution in [0.1, 0.15) is 30.6 Å². The lowest BCUT2D eigenvalue weighted by molar-refractivity contribution is 0.549. The maximum atomic E-state index is 6.39. The Morgan fingerprint density at radius 2 is 2.15 bits per heavy atom. The Labute approximate surface area is 140 Å². The molecule has 0 saturated carbocycles. The molecule has 1 atom stereocenters. The third-order valence-electron chi connectivity index (χ3n) is 2.97. The Bertz CT molecular complexity index is 581. The van der Waals surface area contributed by atoms with Crippen LogP contribution < -0.4 is 5.32 Å². The molecule has 1 heterocycles. The fourth-order valence-corrected chi connectivity index (χ4v) is 3.36. The second-order valence-electron chi connectivity index (χ2n) is 4.44. The number of hydrogen-bond acceptors (Lipinski definition) is 3. The number of benzene rings is 1. The molecular formula is C13H15Br2ClN4. The molecule has 1 aromatic heterocycles. The van der Waals surface area contributed by atoms with Gasteiger partial charge in [0.1, 0.15) is 0 Å². The first kappa shape index (κ1) is 15.9. The van der Waals surface area contributed by atoms with Crippen molar-refractivity contribution >= 4 is 43.5 Å². The van der Waals surface area contributed by atoms with Crippen molar-refractivity contribution in [1.82, 2.24) is 20.3 Å². The lowest BCUT2D eigenvalue weighted by Gasteiger charge is -2.20. The lowest BCUT2D eigenvalue weighted by Crippen LogP contribution is -2.26. The zero-order valence-electron chi connectivity index (χ0n) is 11.2. The van der Waals surface area contributed by atoms with E-state index in [0.717, 1.165) is 33.3 Å². The van der Waals surface area contributed by atoms with Gasteiger partial charge in [0, 0.05) is 16.5 Å². The Morgan fingerprint density at radius 1 is 1.40 bits per heavy atom. The zero-order chi connectivity index (χ0) is 14.7. The first-order valence-corrected chi connectivity index (χ1v) is 8.24. The SMILES string of the molecule is CCCNC(c1ccc(Br)cc1Cl)c1c(Br)nnn1C. The van der Waals surface area contributed by atoms with Gasteiger partial charge in [0.05, 0.1) is 11.7 Å². The number of hydrogen-bond donors (Lipinski definition) is 1. The predicted molar refractivity (Wildman–Crippen MR) is 88.0 cm³/mol. The first-order valence-electron chi connectivity index (χ1n) is 6.28. The fourth-order valence-electron chi connectivity index (χ4n) is 2.02. The van der Waals surface area contributed by atoms with Crippen molar-refractivity contribution in [2.24, 2.45) is 7.05 Å². The van der Waals surface area contributed by atoms with Crippen LogP contribution in [-0.4, -0.2) is 21.5 Å². The Balaban J connectivity index is 2.47. The van der Waals surface area contributed by atoms with Gasteiger partial charge in [-0.15, -0.1) is 5.10 Å². The Hall–Kier alpha value is -0.430. The van der Waals surface area contributed by atoms with E-state index in [1.165, 1.54) is 0 Å². The minimum atomic E-state index is -0.0510. The highest BCUT2D eigenvalue weighted by Gasteiger charge is 2.23. The second-order valence-corrected chi connectivity index (χ2v) is 6.52. The quantitative estimate of drug-likeness (QED) is 0.790. The van der Waals surface area contributed by atoms with Crippen LogP contribution in [0.2, 0.25) is 5.02 Å². The summed E-state index contributed by atoms with van der Waals surface area (Å²) < 4.78 is 3.45. The van der Waals surface area contributed by atoms with Gasteiger partial charge >= 0.3 is 0 Å². The molecule has 0 saturated heterocycles. The maximum Gasteiger partial charge on any atom is 0.153 e. The molecule has 0 aliphatic rings. The van der Waals surface area contributed by atoms with Crippen LogP contribution >= 0.6 is 43.5 Å². The second kappa shape index (κ2) is 7.02. The average Bonchev–Trinajstić information content (AvgIpc) is 2.72. The maximum absolute atomic E-state index is 6.39. The van der Waals surface area contributed by atoms with Gasteiger partial charge < -0.3 is 5.32 Å². The largest absolute Gasteiger partial charge is 0.305 e. The smallest absolute Gasteiger partial charge is 0.153 e. The normalized spacial score (nSPS) is 12.7. The van der Waals surface area contributed by atoms with Crippen molar-refractivity contribution in [2.45, 2.75) is 19.4 Å². The topological polar surface area (TPSA) is 42.7 Å². The first-order chi connectivity index (χ1) is 9.54. The van der Waals surface area contributed by atoms with Crippen molar-refractivity contribution < 1.29 is 0 Å². The summed E-state index contributed by atoms with van der Waals surface area (Å²) in [7, 11) is 1.88. The Morgan fingerprint density at radius 3 is 2.70 bits per heavy atom. The van der Waals surface area contributed by atoms with E-state index in [4.69, 9.17) is 11.6 Å². The van der Waals surface area contributed by atoms with Gasteiger partial charge in [0.25, 0.3) is 0 Å². The van der Waals surface area contributed by atoms with E-state index < -0.39 is 0 Å². The van der Waals surface area contributed by atoms with Crippen molar-refractivity contribution in [3.8, 4) is 0 Å². The summed E-state index contributed by atoms with van der Waals surface area (Å²) in [5.41, 5.74) is 1.97. The molecule has 0 bridgehead atoms. The summed E-state index contributed by atoms with van der Waals surface area (Å²) in [6.07, 6.45) is 1.04. The number of aryl methyl sites for hydroxylation is 1. The van der Waals surface area contributed by atoms with Gasteiger partial charge in [0.15, 0.2) is 4.60 Å². The number of rotatable bonds is 5. The highest BCUT2D eigenvalue weighted by Crippen LogP contribution is 2.32. The summed E-state index contributed by atoms with van der Waals surface area (Å²) >= 11 is 13.3. The molecule has 0 fully saturated rings. The summed E-state index contributed by atoms with van der Waals surface area (Å²) in [6.45, 7) is 3.01. The van der Waals surface area contributed by atoms with Crippen molar-refractivity contribution in [3.63, 3.8) is 0 Å². The summed E-state index contributed by atoms with van der Waals surface area (Å²) in [5.74, 6) is 0. The van der Waals surface area contributed by atoms with E-state index in [9.17, 15) is 0 Å². The highest BCUT2D eigenvalue weighted by molar-refractivity contribution is 9.10. The van der Waals surface area contributed by atoms with E-state index in [1.807, 2.05) is 25.2 Å². The van der Waals surface area contributed by atoms with Crippen LogP contribution in [0.25, 0.3) is 0 Å². The molecule has 0 radical (unpaired) electrons. The number of nitrogens with one attached hydrogen (secondary N) is 1. The molecular weight excluding hydrogens is 407 g/mol. The molecule has 0 amide bonds. The summed E-state index contributed by atoms with van der Waals surface area (Å²) in [4.78, 5) is 0. The van der Waals surface area contributed by atoms with E-state index in [2.05, 4.69) is 54.4 Å². The molecule has 1 unspecified atom stereocenters.